The normalized spacial score (nSPS) is 14.3. The quantitative estimate of drug-likeness (QED) is 0.847. The summed E-state index contributed by atoms with van der Waals surface area (Å²) in [6.45, 7) is 1.37. The molecule has 1 aromatic rings. The topological polar surface area (TPSA) is 62.4 Å². The number of aliphatic hydroxyl groups is 1. The molecule has 1 N–H and O–H groups in total. The number of likely N-dealkylation sites (N-methyl/N-ethyl adjacent to an activating group) is 1. The molecular formula is C9H14F3N3O2. The van der Waals surface area contributed by atoms with E-state index in [0.29, 0.717) is 12.2 Å². The van der Waals surface area contributed by atoms with Gasteiger partial charge in [0.2, 0.25) is 5.89 Å². The number of aromatic nitrogens is 2. The molecule has 5 nitrogen and oxygen atoms in total. The van der Waals surface area contributed by atoms with Gasteiger partial charge in [0, 0.05) is 13.0 Å². The van der Waals surface area contributed by atoms with Crippen molar-refractivity contribution in [3.05, 3.63) is 11.7 Å². The maximum absolute atomic E-state index is 12.1. The SMILES string of the molecule is CCc1noc(CN(C)CC(O)C(F)(F)F)n1. The second-order valence-electron chi connectivity index (χ2n) is 3.71. The molecule has 1 atom stereocenters. The van der Waals surface area contributed by atoms with Gasteiger partial charge in [-0.2, -0.15) is 18.2 Å². The largest absolute Gasteiger partial charge is 0.415 e. The van der Waals surface area contributed by atoms with Gasteiger partial charge in [0.1, 0.15) is 0 Å². The third kappa shape index (κ3) is 4.31. The molecule has 1 heterocycles. The lowest BCUT2D eigenvalue weighted by Gasteiger charge is -2.20. The van der Waals surface area contributed by atoms with E-state index in [9.17, 15) is 13.2 Å². The van der Waals surface area contributed by atoms with E-state index in [-0.39, 0.29) is 12.4 Å². The Morgan fingerprint density at radius 1 is 1.47 bits per heavy atom. The molecule has 0 radical (unpaired) electrons. The molecule has 0 spiro atoms. The fourth-order valence-corrected chi connectivity index (χ4v) is 1.19. The zero-order valence-electron chi connectivity index (χ0n) is 9.53. The summed E-state index contributed by atoms with van der Waals surface area (Å²) < 4.78 is 41.1. The number of halogens is 3. The van der Waals surface area contributed by atoms with Crippen molar-refractivity contribution in [3.8, 4) is 0 Å². The van der Waals surface area contributed by atoms with E-state index in [0.717, 1.165) is 0 Å². The standard InChI is InChI=1S/C9H14F3N3O2/c1-3-7-13-8(17-14-7)5-15(2)4-6(16)9(10,11)12/h6,16H,3-5H2,1-2H3. The molecule has 0 aliphatic heterocycles. The molecule has 17 heavy (non-hydrogen) atoms. The highest BCUT2D eigenvalue weighted by Gasteiger charge is 2.38. The average Bonchev–Trinajstić information content (AvgIpc) is 2.63. The van der Waals surface area contributed by atoms with Crippen LogP contribution in [-0.4, -0.2) is 46.0 Å². The summed E-state index contributed by atoms with van der Waals surface area (Å²) in [7, 11) is 1.44. The molecule has 0 aliphatic rings. The first kappa shape index (κ1) is 13.9. The summed E-state index contributed by atoms with van der Waals surface area (Å²) in [5.41, 5.74) is 0. The maximum Gasteiger partial charge on any atom is 0.415 e. The van der Waals surface area contributed by atoms with Gasteiger partial charge in [0.05, 0.1) is 6.54 Å². The minimum absolute atomic E-state index is 0.0696. The van der Waals surface area contributed by atoms with Gasteiger partial charge < -0.3 is 9.63 Å². The van der Waals surface area contributed by atoms with Crippen LogP contribution in [0.3, 0.4) is 0 Å². The second-order valence-corrected chi connectivity index (χ2v) is 3.71. The first-order chi connectivity index (χ1) is 7.82. The van der Waals surface area contributed by atoms with Crippen LogP contribution in [0.5, 0.6) is 0 Å². The number of nitrogens with zero attached hydrogens (tertiary/aromatic N) is 3. The van der Waals surface area contributed by atoms with Gasteiger partial charge >= 0.3 is 6.18 Å². The first-order valence-corrected chi connectivity index (χ1v) is 5.07. The van der Waals surface area contributed by atoms with Crippen molar-refractivity contribution in [2.24, 2.45) is 0 Å². The summed E-state index contributed by atoms with van der Waals surface area (Å²) in [5.74, 6) is 0.739. The van der Waals surface area contributed by atoms with Gasteiger partial charge in [0.25, 0.3) is 0 Å². The molecule has 0 amide bonds. The van der Waals surface area contributed by atoms with Crippen LogP contribution in [0.15, 0.2) is 4.52 Å². The molecule has 0 bridgehead atoms. The lowest BCUT2D eigenvalue weighted by atomic mass is 10.3. The first-order valence-electron chi connectivity index (χ1n) is 5.07. The summed E-state index contributed by atoms with van der Waals surface area (Å²) in [6, 6.07) is 0. The molecule has 1 aromatic heterocycles. The van der Waals surface area contributed by atoms with Crippen LogP contribution in [0, 0.1) is 0 Å². The van der Waals surface area contributed by atoms with Crippen LogP contribution in [0.1, 0.15) is 18.6 Å². The molecule has 1 rings (SSSR count). The van der Waals surface area contributed by atoms with E-state index >= 15 is 0 Å². The van der Waals surface area contributed by atoms with Gasteiger partial charge in [-0.15, -0.1) is 0 Å². The summed E-state index contributed by atoms with van der Waals surface area (Å²) >= 11 is 0. The van der Waals surface area contributed by atoms with Crippen molar-refractivity contribution >= 4 is 0 Å². The highest BCUT2D eigenvalue weighted by molar-refractivity contribution is 4.85. The average molecular weight is 253 g/mol. The Kier molecular flexibility index (Phi) is 4.47. The lowest BCUT2D eigenvalue weighted by molar-refractivity contribution is -0.207. The van der Waals surface area contributed by atoms with Gasteiger partial charge in [-0.25, -0.2) is 0 Å². The van der Waals surface area contributed by atoms with Crippen LogP contribution in [-0.2, 0) is 13.0 Å². The van der Waals surface area contributed by atoms with Crippen molar-refractivity contribution in [2.75, 3.05) is 13.6 Å². The van der Waals surface area contributed by atoms with Crippen molar-refractivity contribution in [3.63, 3.8) is 0 Å². The molecular weight excluding hydrogens is 239 g/mol. The van der Waals surface area contributed by atoms with E-state index < -0.39 is 18.8 Å². The number of rotatable bonds is 5. The van der Waals surface area contributed by atoms with E-state index in [1.165, 1.54) is 11.9 Å². The molecule has 0 saturated heterocycles. The number of alkyl halides is 3. The number of hydrogen-bond acceptors (Lipinski definition) is 5. The number of aliphatic hydroxyl groups excluding tert-OH is 1. The minimum Gasteiger partial charge on any atom is -0.382 e. The fraction of sp³-hybridized carbons (Fsp3) is 0.778. The van der Waals surface area contributed by atoms with Gasteiger partial charge in [-0.05, 0) is 7.05 Å². The fourth-order valence-electron chi connectivity index (χ4n) is 1.19. The lowest BCUT2D eigenvalue weighted by Crippen LogP contribution is -2.39. The zero-order valence-corrected chi connectivity index (χ0v) is 9.53. The van der Waals surface area contributed by atoms with Crippen LogP contribution >= 0.6 is 0 Å². The molecule has 0 fully saturated rings. The van der Waals surface area contributed by atoms with Crippen LogP contribution in [0.25, 0.3) is 0 Å². The van der Waals surface area contributed by atoms with E-state index in [4.69, 9.17) is 9.63 Å². The van der Waals surface area contributed by atoms with Crippen molar-refractivity contribution in [1.82, 2.24) is 15.0 Å². The maximum atomic E-state index is 12.1. The van der Waals surface area contributed by atoms with Crippen molar-refractivity contribution < 1.29 is 22.8 Å². The van der Waals surface area contributed by atoms with Crippen LogP contribution < -0.4 is 0 Å². The monoisotopic (exact) mass is 253 g/mol. The Morgan fingerprint density at radius 3 is 2.59 bits per heavy atom. The van der Waals surface area contributed by atoms with Gasteiger partial charge in [-0.1, -0.05) is 12.1 Å². The van der Waals surface area contributed by atoms with Crippen LogP contribution in [0.2, 0.25) is 0 Å². The molecule has 98 valence electrons. The highest BCUT2D eigenvalue weighted by Crippen LogP contribution is 2.20. The highest BCUT2D eigenvalue weighted by atomic mass is 19.4. The molecule has 8 heteroatoms. The molecule has 0 aromatic carbocycles. The zero-order chi connectivity index (χ0) is 13.1. The predicted molar refractivity (Wildman–Crippen MR) is 52.1 cm³/mol. The third-order valence-corrected chi connectivity index (χ3v) is 2.09. The Morgan fingerprint density at radius 2 is 2.12 bits per heavy atom. The third-order valence-electron chi connectivity index (χ3n) is 2.09. The number of aryl methyl sites for hydroxylation is 1. The van der Waals surface area contributed by atoms with E-state index in [1.807, 2.05) is 6.92 Å². The summed E-state index contributed by atoms with van der Waals surface area (Å²) in [4.78, 5) is 5.22. The Hall–Kier alpha value is -1.15. The summed E-state index contributed by atoms with van der Waals surface area (Å²) in [6.07, 6.45) is -6.39. The molecule has 1 unspecified atom stereocenters. The van der Waals surface area contributed by atoms with Crippen molar-refractivity contribution in [1.29, 1.82) is 0 Å². The van der Waals surface area contributed by atoms with Gasteiger partial charge in [-0.3, -0.25) is 4.90 Å². The van der Waals surface area contributed by atoms with Crippen LogP contribution in [0.4, 0.5) is 13.2 Å². The smallest absolute Gasteiger partial charge is 0.382 e. The van der Waals surface area contributed by atoms with E-state index in [2.05, 4.69) is 10.1 Å². The Bertz CT molecular complexity index is 354. The Balaban J connectivity index is 2.46. The minimum atomic E-state index is -4.61. The van der Waals surface area contributed by atoms with Gasteiger partial charge in [0.15, 0.2) is 11.9 Å². The predicted octanol–water partition coefficient (Wildman–Crippen LogP) is 0.987. The molecule has 0 aliphatic carbocycles. The van der Waals surface area contributed by atoms with Crippen molar-refractivity contribution in [2.45, 2.75) is 32.2 Å². The Labute approximate surface area is 96.2 Å². The molecule has 0 saturated carbocycles. The number of hydrogen-bond donors (Lipinski definition) is 1. The van der Waals surface area contributed by atoms with E-state index in [1.54, 1.807) is 0 Å². The summed E-state index contributed by atoms with van der Waals surface area (Å²) in [5, 5.41) is 12.5. The second kappa shape index (κ2) is 5.46.